The third-order valence-corrected chi connectivity index (χ3v) is 9.46. The minimum absolute atomic E-state index is 0.0998. The largest absolute Gasteiger partial charge is 0.441 e. The van der Waals surface area contributed by atoms with Gasteiger partial charge >= 0.3 is 6.09 Å². The lowest BCUT2D eigenvalue weighted by Crippen LogP contribution is -2.45. The number of benzene rings is 2. The summed E-state index contributed by atoms with van der Waals surface area (Å²) >= 11 is 6.19. The zero-order valence-corrected chi connectivity index (χ0v) is 25.4. The van der Waals surface area contributed by atoms with Crippen LogP contribution in [0.15, 0.2) is 66.9 Å². The van der Waals surface area contributed by atoms with Crippen LogP contribution in [0.3, 0.4) is 0 Å². The first-order valence-corrected chi connectivity index (χ1v) is 15.5. The van der Waals surface area contributed by atoms with Gasteiger partial charge < -0.3 is 19.4 Å². The molecule has 6 rings (SSSR count). The molecule has 228 valence electrons. The van der Waals surface area contributed by atoms with Crippen molar-refractivity contribution in [3.8, 4) is 6.07 Å². The monoisotopic (exact) mass is 615 g/mol. The highest BCUT2D eigenvalue weighted by atomic mass is 35.5. The summed E-state index contributed by atoms with van der Waals surface area (Å²) in [5, 5.41) is 9.68. The number of nitriles is 1. The molecule has 2 aliphatic heterocycles. The average molecular weight is 616 g/mol. The lowest BCUT2D eigenvalue weighted by Gasteiger charge is -2.34. The molecular formula is C34H35ClFN5O3. The summed E-state index contributed by atoms with van der Waals surface area (Å²) in [5.41, 5.74) is 2.31. The molecular weight excluding hydrogens is 581 g/mol. The molecule has 1 aliphatic carbocycles. The topological polar surface area (TPSA) is 89.8 Å². The van der Waals surface area contributed by atoms with E-state index in [2.05, 4.69) is 16.0 Å². The van der Waals surface area contributed by atoms with E-state index in [0.717, 1.165) is 29.8 Å². The Morgan fingerprint density at radius 3 is 2.34 bits per heavy atom. The first-order valence-electron chi connectivity index (χ1n) is 15.1. The second-order valence-electron chi connectivity index (χ2n) is 12.1. The molecule has 0 N–H and O–H groups in total. The zero-order valence-electron chi connectivity index (χ0n) is 24.6. The molecule has 1 saturated carbocycles. The number of pyridine rings is 1. The predicted octanol–water partition coefficient (Wildman–Crippen LogP) is 6.18. The number of aromatic nitrogens is 1. The van der Waals surface area contributed by atoms with Crippen LogP contribution in [-0.4, -0.2) is 66.1 Å². The van der Waals surface area contributed by atoms with E-state index in [1.54, 1.807) is 36.3 Å². The number of amides is 2. The van der Waals surface area contributed by atoms with E-state index >= 15 is 0 Å². The van der Waals surface area contributed by atoms with Crippen LogP contribution in [0.25, 0.3) is 0 Å². The highest BCUT2D eigenvalue weighted by Gasteiger charge is 2.44. The predicted molar refractivity (Wildman–Crippen MR) is 165 cm³/mol. The fraction of sp³-hybridized carbons (Fsp3) is 0.412. The van der Waals surface area contributed by atoms with Crippen molar-refractivity contribution in [1.29, 1.82) is 5.26 Å². The fourth-order valence-corrected chi connectivity index (χ4v) is 6.59. The quantitative estimate of drug-likeness (QED) is 0.315. The van der Waals surface area contributed by atoms with Crippen LogP contribution < -0.4 is 4.90 Å². The van der Waals surface area contributed by atoms with Crippen molar-refractivity contribution in [3.63, 3.8) is 0 Å². The summed E-state index contributed by atoms with van der Waals surface area (Å²) in [6, 6.07) is 19.1. The van der Waals surface area contributed by atoms with Gasteiger partial charge in [-0.1, -0.05) is 35.9 Å². The molecule has 2 aromatic carbocycles. The standard InChI is InChI=1S/C34H35ClFN5O3/c1-39(34(43)44-32(24-3-4-24)25-7-11-28(36)12-8-25)30-21-41(20-29(30)23-5-9-27(35)10-6-23)33(42)26-14-16-40(17-15-26)31-13-2-22(18-37)19-38-31/h2,5-13,19,24,26,29-30,32H,3-4,14-17,20-21H2,1H3. The van der Waals surface area contributed by atoms with Gasteiger partial charge in [0.1, 0.15) is 23.8 Å². The number of halogens is 2. The number of piperidine rings is 1. The average Bonchev–Trinajstić information content (AvgIpc) is 3.81. The Morgan fingerprint density at radius 1 is 1.02 bits per heavy atom. The molecule has 3 unspecified atom stereocenters. The SMILES string of the molecule is CN(C(=O)OC(c1ccc(F)cc1)C1CC1)C1CN(C(=O)C2CCN(c3ccc(C#N)cn3)CC2)CC1c1ccc(Cl)cc1. The number of nitrogens with zero attached hydrogens (tertiary/aromatic N) is 5. The Hall–Kier alpha value is -4.16. The number of carbonyl (C=O) groups is 2. The van der Waals surface area contributed by atoms with E-state index < -0.39 is 12.2 Å². The normalized spacial score (nSPS) is 21.0. The van der Waals surface area contributed by atoms with Crippen LogP contribution in [-0.2, 0) is 9.53 Å². The van der Waals surface area contributed by atoms with Crippen LogP contribution in [0.2, 0.25) is 5.02 Å². The van der Waals surface area contributed by atoms with Gasteiger partial charge in [-0.05, 0) is 73.2 Å². The van der Waals surface area contributed by atoms with Crippen LogP contribution >= 0.6 is 11.6 Å². The van der Waals surface area contributed by atoms with Gasteiger partial charge in [0.05, 0.1) is 11.6 Å². The first-order chi connectivity index (χ1) is 21.3. The zero-order chi connectivity index (χ0) is 30.8. The second-order valence-corrected chi connectivity index (χ2v) is 12.5. The van der Waals surface area contributed by atoms with E-state index in [1.165, 1.54) is 12.1 Å². The summed E-state index contributed by atoms with van der Waals surface area (Å²) in [4.78, 5) is 37.5. The second kappa shape index (κ2) is 12.8. The van der Waals surface area contributed by atoms with E-state index in [-0.39, 0.29) is 35.5 Å². The van der Waals surface area contributed by atoms with Gasteiger partial charge in [-0.15, -0.1) is 0 Å². The molecule has 3 atom stereocenters. The van der Waals surface area contributed by atoms with Crippen LogP contribution in [0.4, 0.5) is 15.0 Å². The highest BCUT2D eigenvalue weighted by Crippen LogP contribution is 2.44. The Bertz CT molecular complexity index is 1520. The Morgan fingerprint density at radius 2 is 1.73 bits per heavy atom. The molecule has 44 heavy (non-hydrogen) atoms. The van der Waals surface area contributed by atoms with Gasteiger partial charge in [-0.3, -0.25) is 4.79 Å². The molecule has 8 nitrogen and oxygen atoms in total. The van der Waals surface area contributed by atoms with Crippen molar-refractivity contribution in [2.75, 3.05) is 38.1 Å². The Labute approximate surface area is 262 Å². The third kappa shape index (κ3) is 6.51. The molecule has 3 fully saturated rings. The molecule has 0 bridgehead atoms. The van der Waals surface area contributed by atoms with Gasteiger partial charge in [-0.2, -0.15) is 5.26 Å². The third-order valence-electron chi connectivity index (χ3n) is 9.21. The number of hydrogen-bond donors (Lipinski definition) is 0. The molecule has 0 spiro atoms. The number of likely N-dealkylation sites (tertiary alicyclic amines) is 1. The van der Waals surface area contributed by atoms with Crippen molar-refractivity contribution in [3.05, 3.63) is 94.4 Å². The van der Waals surface area contributed by atoms with E-state index in [4.69, 9.17) is 21.6 Å². The van der Waals surface area contributed by atoms with Crippen molar-refractivity contribution in [2.24, 2.45) is 11.8 Å². The smallest absolute Gasteiger partial charge is 0.410 e. The number of hydrogen-bond acceptors (Lipinski definition) is 6. The minimum atomic E-state index is -0.451. The van der Waals surface area contributed by atoms with Gasteiger partial charge in [0.15, 0.2) is 0 Å². The molecule has 10 heteroatoms. The van der Waals surface area contributed by atoms with E-state index in [9.17, 15) is 14.0 Å². The Kier molecular flexibility index (Phi) is 8.72. The molecule has 1 aromatic heterocycles. The van der Waals surface area contributed by atoms with Crippen LogP contribution in [0.1, 0.15) is 54.4 Å². The number of likely N-dealkylation sites (N-methyl/N-ethyl adjacent to an activating group) is 1. The lowest BCUT2D eigenvalue weighted by atomic mass is 9.93. The van der Waals surface area contributed by atoms with Crippen molar-refractivity contribution < 1.29 is 18.7 Å². The molecule has 2 saturated heterocycles. The minimum Gasteiger partial charge on any atom is -0.441 e. The van der Waals surface area contributed by atoms with Crippen molar-refractivity contribution >= 4 is 29.4 Å². The number of ether oxygens (including phenoxy) is 1. The lowest BCUT2D eigenvalue weighted by molar-refractivity contribution is -0.135. The van der Waals surface area contributed by atoms with Gasteiger partial charge in [-0.25, -0.2) is 14.2 Å². The molecule has 3 aliphatic rings. The van der Waals surface area contributed by atoms with Gasteiger partial charge in [0, 0.05) is 62.2 Å². The highest BCUT2D eigenvalue weighted by molar-refractivity contribution is 6.30. The summed E-state index contributed by atoms with van der Waals surface area (Å²) in [6.07, 6.45) is 4.00. The maximum absolute atomic E-state index is 13.9. The molecule has 2 amide bonds. The summed E-state index contributed by atoms with van der Waals surface area (Å²) < 4.78 is 19.6. The number of carbonyl (C=O) groups excluding carboxylic acids is 2. The maximum atomic E-state index is 13.9. The van der Waals surface area contributed by atoms with Crippen LogP contribution in [0, 0.1) is 29.0 Å². The van der Waals surface area contributed by atoms with Gasteiger partial charge in [0.2, 0.25) is 5.91 Å². The number of anilines is 1. The maximum Gasteiger partial charge on any atom is 0.410 e. The van der Waals surface area contributed by atoms with E-state index in [0.29, 0.717) is 49.6 Å². The molecule has 3 heterocycles. The fourth-order valence-electron chi connectivity index (χ4n) is 6.46. The van der Waals surface area contributed by atoms with Crippen molar-refractivity contribution in [1.82, 2.24) is 14.8 Å². The summed E-state index contributed by atoms with van der Waals surface area (Å²) in [7, 11) is 1.74. The van der Waals surface area contributed by atoms with Gasteiger partial charge in [0.25, 0.3) is 0 Å². The summed E-state index contributed by atoms with van der Waals surface area (Å²) in [6.45, 7) is 2.29. The Balaban J connectivity index is 1.15. The molecule has 0 radical (unpaired) electrons. The molecule has 3 aromatic rings. The van der Waals surface area contributed by atoms with E-state index in [1.807, 2.05) is 35.2 Å². The van der Waals surface area contributed by atoms with Crippen LogP contribution in [0.5, 0.6) is 0 Å². The van der Waals surface area contributed by atoms with Crippen molar-refractivity contribution in [2.45, 2.75) is 43.7 Å². The number of rotatable bonds is 7. The summed E-state index contributed by atoms with van der Waals surface area (Å²) in [5.74, 6) is 0.569. The first kappa shape index (κ1) is 29.9.